The predicted octanol–water partition coefficient (Wildman–Crippen LogP) is 2.02. The van der Waals surface area contributed by atoms with Crippen molar-refractivity contribution in [1.29, 1.82) is 0 Å². The molecule has 1 rings (SSSR count). The largest absolute Gasteiger partial charge is 0.355 e. The minimum Gasteiger partial charge on any atom is -0.355 e. The molecule has 0 fully saturated rings. The Morgan fingerprint density at radius 1 is 1.22 bits per heavy atom. The highest BCUT2D eigenvalue weighted by atomic mass is 35.5. The van der Waals surface area contributed by atoms with E-state index in [-0.39, 0.29) is 30.3 Å². The summed E-state index contributed by atoms with van der Waals surface area (Å²) in [6.45, 7) is 7.30. The smallest absolute Gasteiger partial charge is 0.233 e. The molecule has 1 aromatic carbocycles. The van der Waals surface area contributed by atoms with E-state index in [2.05, 4.69) is 50.4 Å². The number of carbonyl (C=O) groups is 1. The zero-order valence-corrected chi connectivity index (χ0v) is 12.1. The topological polar surface area (TPSA) is 55.1 Å². The van der Waals surface area contributed by atoms with Crippen LogP contribution in [0.15, 0.2) is 24.3 Å². The summed E-state index contributed by atoms with van der Waals surface area (Å²) in [6.07, 6.45) is 0.843. The molecule has 1 aromatic rings. The van der Waals surface area contributed by atoms with Gasteiger partial charge >= 0.3 is 0 Å². The molecule has 0 saturated carbocycles. The van der Waals surface area contributed by atoms with Crippen molar-refractivity contribution in [2.75, 3.05) is 13.1 Å². The molecule has 0 heterocycles. The Labute approximate surface area is 116 Å². The number of halogens is 1. The molecule has 102 valence electrons. The lowest BCUT2D eigenvalue weighted by Gasteiger charge is -2.19. The Kier molecular flexibility index (Phi) is 6.96. The molecular weight excluding hydrogens is 248 g/mol. The van der Waals surface area contributed by atoms with E-state index in [4.69, 9.17) is 5.73 Å². The lowest BCUT2D eigenvalue weighted by Crippen LogP contribution is -2.31. The first kappa shape index (κ1) is 16.9. The molecule has 4 heteroatoms. The summed E-state index contributed by atoms with van der Waals surface area (Å²) in [7, 11) is 0. The van der Waals surface area contributed by atoms with Crippen LogP contribution in [0.4, 0.5) is 0 Å². The number of amides is 1. The van der Waals surface area contributed by atoms with Gasteiger partial charge < -0.3 is 11.1 Å². The number of hydrogen-bond acceptors (Lipinski definition) is 2. The Hall–Kier alpha value is -1.06. The summed E-state index contributed by atoms with van der Waals surface area (Å²) in [6, 6.07) is 8.55. The molecule has 0 atom stereocenters. The quantitative estimate of drug-likeness (QED) is 0.880. The molecule has 0 aliphatic carbocycles. The number of nitrogens with two attached hydrogens (primary N) is 1. The van der Waals surface area contributed by atoms with Crippen LogP contribution in [0.2, 0.25) is 0 Å². The molecule has 0 radical (unpaired) electrons. The fourth-order valence-corrected chi connectivity index (χ4v) is 1.59. The number of hydrogen-bond donors (Lipinski definition) is 2. The highest BCUT2D eigenvalue weighted by molar-refractivity contribution is 5.85. The summed E-state index contributed by atoms with van der Waals surface area (Å²) >= 11 is 0. The maximum atomic E-state index is 11.0. The van der Waals surface area contributed by atoms with Gasteiger partial charge in [-0.3, -0.25) is 4.79 Å². The molecule has 0 unspecified atom stereocenters. The summed E-state index contributed by atoms with van der Waals surface area (Å²) in [5, 5.41) is 2.76. The van der Waals surface area contributed by atoms with Crippen LogP contribution in [-0.4, -0.2) is 19.0 Å². The standard InChI is InChI=1S/C14H22N2O.ClH/c1-14(2,3)12-6-4-11(5-7-12)8-9-16-13(17)10-15;/h4-7H,8-10,15H2,1-3H3,(H,16,17);1H. The van der Waals surface area contributed by atoms with Gasteiger partial charge in [-0.15, -0.1) is 12.4 Å². The zero-order chi connectivity index (χ0) is 12.9. The molecule has 0 spiro atoms. The second kappa shape index (κ2) is 7.39. The van der Waals surface area contributed by atoms with Gasteiger partial charge in [-0.25, -0.2) is 0 Å². The van der Waals surface area contributed by atoms with Crippen LogP contribution in [0.3, 0.4) is 0 Å². The fourth-order valence-electron chi connectivity index (χ4n) is 1.59. The Morgan fingerprint density at radius 3 is 2.22 bits per heavy atom. The molecule has 18 heavy (non-hydrogen) atoms. The van der Waals surface area contributed by atoms with Crippen molar-refractivity contribution in [1.82, 2.24) is 5.32 Å². The van der Waals surface area contributed by atoms with Crippen LogP contribution in [-0.2, 0) is 16.6 Å². The third-order valence-electron chi connectivity index (χ3n) is 2.74. The monoisotopic (exact) mass is 270 g/mol. The minimum absolute atomic E-state index is 0. The van der Waals surface area contributed by atoms with Crippen molar-refractivity contribution < 1.29 is 4.79 Å². The van der Waals surface area contributed by atoms with E-state index in [1.54, 1.807) is 0 Å². The van der Waals surface area contributed by atoms with E-state index < -0.39 is 0 Å². The van der Waals surface area contributed by atoms with Crippen LogP contribution in [0.25, 0.3) is 0 Å². The Morgan fingerprint density at radius 2 is 1.78 bits per heavy atom. The fraction of sp³-hybridized carbons (Fsp3) is 0.500. The van der Waals surface area contributed by atoms with Gasteiger partial charge in [0.25, 0.3) is 0 Å². The molecule has 3 nitrogen and oxygen atoms in total. The van der Waals surface area contributed by atoms with Gasteiger partial charge in [0.1, 0.15) is 0 Å². The van der Waals surface area contributed by atoms with Gasteiger partial charge in [-0.1, -0.05) is 45.0 Å². The van der Waals surface area contributed by atoms with Gasteiger partial charge in [0.15, 0.2) is 0 Å². The third-order valence-corrected chi connectivity index (χ3v) is 2.74. The van der Waals surface area contributed by atoms with Crippen molar-refractivity contribution in [3.8, 4) is 0 Å². The molecule has 0 bridgehead atoms. The lowest BCUT2D eigenvalue weighted by molar-refractivity contribution is -0.119. The number of rotatable bonds is 4. The first-order valence-corrected chi connectivity index (χ1v) is 5.99. The average molecular weight is 271 g/mol. The van der Waals surface area contributed by atoms with Crippen molar-refractivity contribution in [2.45, 2.75) is 32.6 Å². The Bertz CT molecular complexity index is 368. The second-order valence-electron chi connectivity index (χ2n) is 5.25. The van der Waals surface area contributed by atoms with Crippen LogP contribution >= 0.6 is 12.4 Å². The minimum atomic E-state index is -0.101. The van der Waals surface area contributed by atoms with Gasteiger partial charge in [0, 0.05) is 6.54 Å². The summed E-state index contributed by atoms with van der Waals surface area (Å²) in [5.74, 6) is -0.101. The van der Waals surface area contributed by atoms with E-state index in [0.29, 0.717) is 6.54 Å². The van der Waals surface area contributed by atoms with Crippen LogP contribution in [0.5, 0.6) is 0 Å². The number of nitrogens with one attached hydrogen (secondary N) is 1. The van der Waals surface area contributed by atoms with Gasteiger partial charge in [0.05, 0.1) is 6.54 Å². The van der Waals surface area contributed by atoms with E-state index in [1.807, 2.05) is 0 Å². The molecular formula is C14H23ClN2O. The van der Waals surface area contributed by atoms with E-state index in [0.717, 1.165) is 6.42 Å². The predicted molar refractivity (Wildman–Crippen MR) is 78.2 cm³/mol. The molecule has 0 aliphatic heterocycles. The van der Waals surface area contributed by atoms with Crippen LogP contribution in [0.1, 0.15) is 31.9 Å². The number of benzene rings is 1. The summed E-state index contributed by atoms with van der Waals surface area (Å²) < 4.78 is 0. The maximum Gasteiger partial charge on any atom is 0.233 e. The van der Waals surface area contributed by atoms with Crippen LogP contribution in [0, 0.1) is 0 Å². The van der Waals surface area contributed by atoms with Crippen LogP contribution < -0.4 is 11.1 Å². The van der Waals surface area contributed by atoms with Gasteiger partial charge in [-0.05, 0) is 23.0 Å². The van der Waals surface area contributed by atoms with Gasteiger partial charge in [-0.2, -0.15) is 0 Å². The van der Waals surface area contributed by atoms with Crippen molar-refractivity contribution in [3.63, 3.8) is 0 Å². The molecule has 1 amide bonds. The first-order valence-electron chi connectivity index (χ1n) is 5.99. The number of carbonyl (C=O) groups excluding carboxylic acids is 1. The zero-order valence-electron chi connectivity index (χ0n) is 11.3. The van der Waals surface area contributed by atoms with E-state index in [1.165, 1.54) is 11.1 Å². The van der Waals surface area contributed by atoms with Crippen molar-refractivity contribution in [3.05, 3.63) is 35.4 Å². The third kappa shape index (κ3) is 5.52. The van der Waals surface area contributed by atoms with Crippen molar-refractivity contribution in [2.24, 2.45) is 5.73 Å². The van der Waals surface area contributed by atoms with E-state index in [9.17, 15) is 4.79 Å². The SMILES string of the molecule is CC(C)(C)c1ccc(CCNC(=O)CN)cc1.Cl. The lowest BCUT2D eigenvalue weighted by atomic mass is 9.86. The molecule has 3 N–H and O–H groups in total. The highest BCUT2D eigenvalue weighted by Gasteiger charge is 2.12. The Balaban J connectivity index is 0.00000289. The normalized spacial score (nSPS) is 10.7. The van der Waals surface area contributed by atoms with E-state index >= 15 is 0 Å². The maximum absolute atomic E-state index is 11.0. The summed E-state index contributed by atoms with van der Waals surface area (Å²) in [4.78, 5) is 11.0. The first-order chi connectivity index (χ1) is 7.93. The second-order valence-corrected chi connectivity index (χ2v) is 5.25. The molecule has 0 aromatic heterocycles. The molecule has 0 aliphatic rings. The summed E-state index contributed by atoms with van der Waals surface area (Å²) in [5.41, 5.74) is 7.95. The average Bonchev–Trinajstić information content (AvgIpc) is 2.28. The highest BCUT2D eigenvalue weighted by Crippen LogP contribution is 2.22. The molecule has 0 saturated heterocycles. The van der Waals surface area contributed by atoms with Crippen molar-refractivity contribution >= 4 is 18.3 Å². The van der Waals surface area contributed by atoms with Gasteiger partial charge in [0.2, 0.25) is 5.91 Å².